The van der Waals surface area contributed by atoms with Crippen molar-refractivity contribution in [1.29, 1.82) is 5.26 Å². The number of benzene rings is 1. The molecule has 7 nitrogen and oxygen atoms in total. The molecule has 0 spiro atoms. The Morgan fingerprint density at radius 1 is 1.23 bits per heavy atom. The first kappa shape index (κ1) is 21.2. The average molecular weight is 408 g/mol. The van der Waals surface area contributed by atoms with E-state index >= 15 is 0 Å². The van der Waals surface area contributed by atoms with Gasteiger partial charge in [-0.1, -0.05) is 25.8 Å². The van der Waals surface area contributed by atoms with Crippen LogP contribution in [0.4, 0.5) is 0 Å². The van der Waals surface area contributed by atoms with E-state index in [0.29, 0.717) is 17.2 Å². The highest BCUT2D eigenvalue weighted by Crippen LogP contribution is 2.30. The molecule has 1 aromatic carbocycles. The fraction of sp³-hybridized carbons (Fsp3) is 0.348. The molecule has 2 aromatic rings. The lowest BCUT2D eigenvalue weighted by Gasteiger charge is -2.29. The third-order valence-corrected chi connectivity index (χ3v) is 5.22. The van der Waals surface area contributed by atoms with E-state index in [-0.39, 0.29) is 29.0 Å². The molecule has 1 aromatic heterocycles. The number of hydrogen-bond donors (Lipinski definition) is 1. The van der Waals surface area contributed by atoms with E-state index < -0.39 is 5.97 Å². The highest BCUT2D eigenvalue weighted by molar-refractivity contribution is 6.02. The molecule has 0 saturated heterocycles. The first-order valence-electron chi connectivity index (χ1n) is 9.88. The number of furan rings is 1. The van der Waals surface area contributed by atoms with Crippen molar-refractivity contribution in [3.8, 4) is 17.6 Å². The van der Waals surface area contributed by atoms with Crippen molar-refractivity contribution in [2.45, 2.75) is 38.6 Å². The van der Waals surface area contributed by atoms with Crippen LogP contribution in [0.1, 0.15) is 48.7 Å². The van der Waals surface area contributed by atoms with Crippen LogP contribution in [0.3, 0.4) is 0 Å². The van der Waals surface area contributed by atoms with Crippen LogP contribution in [0.25, 0.3) is 6.08 Å². The highest BCUT2D eigenvalue weighted by Gasteiger charge is 2.24. The summed E-state index contributed by atoms with van der Waals surface area (Å²) in [5.41, 5.74) is 0.586. The Labute approximate surface area is 175 Å². The van der Waals surface area contributed by atoms with E-state index in [4.69, 9.17) is 13.9 Å². The third-order valence-electron chi connectivity index (χ3n) is 5.22. The molecule has 1 saturated carbocycles. The maximum absolute atomic E-state index is 12.6. The molecule has 1 fully saturated rings. The number of carbonyl (C=O) groups is 2. The van der Waals surface area contributed by atoms with Crippen molar-refractivity contribution >= 4 is 18.0 Å². The van der Waals surface area contributed by atoms with Crippen molar-refractivity contribution in [3.05, 3.63) is 53.5 Å². The van der Waals surface area contributed by atoms with Crippen LogP contribution in [0.2, 0.25) is 0 Å². The molecule has 1 heterocycles. The lowest BCUT2D eigenvalue weighted by molar-refractivity contribution is -0.118. The van der Waals surface area contributed by atoms with E-state index in [1.54, 1.807) is 24.3 Å². The standard InChI is InChI=1S/C23H24N2O5/c1-15-6-3-4-7-18(15)25-22(26)17(14-24)12-16-9-10-19(21(13-16)28-2)30-23(27)20-8-5-11-29-20/h5,8-13,15,18H,3-4,6-7H2,1-2H3,(H,25,26)/b17-12+/t15-,18+/m1/s1. The number of ether oxygens (including phenoxy) is 2. The molecule has 1 N–H and O–H groups in total. The van der Waals surface area contributed by atoms with Gasteiger partial charge in [0, 0.05) is 6.04 Å². The van der Waals surface area contributed by atoms with Gasteiger partial charge in [0.05, 0.1) is 13.4 Å². The number of hydrogen-bond acceptors (Lipinski definition) is 6. The predicted molar refractivity (Wildman–Crippen MR) is 110 cm³/mol. The van der Waals surface area contributed by atoms with Gasteiger partial charge in [-0.25, -0.2) is 4.79 Å². The fourth-order valence-electron chi connectivity index (χ4n) is 3.50. The Morgan fingerprint density at radius 3 is 2.70 bits per heavy atom. The largest absolute Gasteiger partial charge is 0.493 e. The van der Waals surface area contributed by atoms with Crippen molar-refractivity contribution in [1.82, 2.24) is 5.32 Å². The van der Waals surface area contributed by atoms with Gasteiger partial charge < -0.3 is 19.2 Å². The van der Waals surface area contributed by atoms with Gasteiger partial charge in [-0.15, -0.1) is 0 Å². The summed E-state index contributed by atoms with van der Waals surface area (Å²) in [7, 11) is 1.44. The number of nitrogens with one attached hydrogen (secondary N) is 1. The molecule has 30 heavy (non-hydrogen) atoms. The van der Waals surface area contributed by atoms with Gasteiger partial charge in [0.2, 0.25) is 5.76 Å². The average Bonchev–Trinajstić information content (AvgIpc) is 3.29. The number of nitrogens with zero attached hydrogens (tertiary/aromatic N) is 1. The van der Waals surface area contributed by atoms with Crippen LogP contribution < -0.4 is 14.8 Å². The lowest BCUT2D eigenvalue weighted by Crippen LogP contribution is -2.41. The molecule has 7 heteroatoms. The van der Waals surface area contributed by atoms with Crippen molar-refractivity contribution in [2.75, 3.05) is 7.11 Å². The molecule has 1 aliphatic carbocycles. The summed E-state index contributed by atoms with van der Waals surface area (Å²) < 4.78 is 15.6. The monoisotopic (exact) mass is 408 g/mol. The summed E-state index contributed by atoms with van der Waals surface area (Å²) >= 11 is 0. The summed E-state index contributed by atoms with van der Waals surface area (Å²) in [5, 5.41) is 12.4. The molecule has 1 aliphatic rings. The smallest absolute Gasteiger partial charge is 0.379 e. The van der Waals surface area contributed by atoms with Crippen molar-refractivity contribution < 1.29 is 23.5 Å². The summed E-state index contributed by atoms with van der Waals surface area (Å²) in [6, 6.07) is 9.92. The Bertz CT molecular complexity index is 972. The SMILES string of the molecule is COc1cc(/C=C(\C#N)C(=O)N[C@H]2CCCC[C@H]2C)ccc1OC(=O)c1ccco1. The number of nitriles is 1. The lowest BCUT2D eigenvalue weighted by atomic mass is 9.86. The summed E-state index contributed by atoms with van der Waals surface area (Å²) in [4.78, 5) is 24.7. The van der Waals surface area contributed by atoms with E-state index in [9.17, 15) is 14.9 Å². The van der Waals surface area contributed by atoms with Gasteiger partial charge in [0.15, 0.2) is 11.5 Å². The molecule has 0 radical (unpaired) electrons. The van der Waals surface area contributed by atoms with Crippen LogP contribution in [-0.2, 0) is 4.79 Å². The van der Waals surface area contributed by atoms with E-state index in [1.165, 1.54) is 31.9 Å². The number of rotatable bonds is 6. The molecule has 156 valence electrons. The first-order valence-corrected chi connectivity index (χ1v) is 9.88. The molecule has 0 unspecified atom stereocenters. The van der Waals surface area contributed by atoms with Gasteiger partial charge in [-0.3, -0.25) is 4.79 Å². The Morgan fingerprint density at radius 2 is 2.03 bits per heavy atom. The molecule has 2 atom stereocenters. The van der Waals surface area contributed by atoms with E-state index in [0.717, 1.165) is 19.3 Å². The number of carbonyl (C=O) groups excluding carboxylic acids is 2. The first-order chi connectivity index (χ1) is 14.5. The minimum atomic E-state index is -0.653. The van der Waals surface area contributed by atoms with Crippen molar-refractivity contribution in [3.63, 3.8) is 0 Å². The Hall–Kier alpha value is -3.53. The van der Waals surface area contributed by atoms with Gasteiger partial charge in [0.1, 0.15) is 11.6 Å². The molecule has 0 bridgehead atoms. The maximum Gasteiger partial charge on any atom is 0.379 e. The van der Waals surface area contributed by atoms with Gasteiger partial charge in [-0.05, 0) is 54.7 Å². The Balaban J connectivity index is 1.75. The minimum Gasteiger partial charge on any atom is -0.493 e. The zero-order chi connectivity index (χ0) is 21.5. The highest BCUT2D eigenvalue weighted by atomic mass is 16.6. The molecule has 0 aliphatic heterocycles. The second kappa shape index (κ2) is 9.79. The second-order valence-corrected chi connectivity index (χ2v) is 7.29. The third kappa shape index (κ3) is 5.09. The molecular formula is C23H24N2O5. The van der Waals surface area contributed by atoms with E-state index in [2.05, 4.69) is 12.2 Å². The van der Waals surface area contributed by atoms with Gasteiger partial charge >= 0.3 is 5.97 Å². The zero-order valence-corrected chi connectivity index (χ0v) is 17.0. The summed E-state index contributed by atoms with van der Waals surface area (Å²) in [5.74, 6) is -0.0756. The second-order valence-electron chi connectivity index (χ2n) is 7.29. The van der Waals surface area contributed by atoms with E-state index in [1.807, 2.05) is 6.07 Å². The Kier molecular flexibility index (Phi) is 6.91. The molecule has 3 rings (SSSR count). The molecular weight excluding hydrogens is 384 g/mol. The topological polar surface area (TPSA) is 102 Å². The number of esters is 1. The van der Waals surface area contributed by atoms with Crippen LogP contribution in [0, 0.1) is 17.2 Å². The van der Waals surface area contributed by atoms with Crippen molar-refractivity contribution in [2.24, 2.45) is 5.92 Å². The van der Waals surface area contributed by atoms with Crippen LogP contribution in [0.5, 0.6) is 11.5 Å². The zero-order valence-electron chi connectivity index (χ0n) is 17.0. The fourth-order valence-corrected chi connectivity index (χ4v) is 3.50. The van der Waals surface area contributed by atoms with Crippen LogP contribution in [0.15, 0.2) is 46.6 Å². The summed E-state index contributed by atoms with van der Waals surface area (Å²) in [6.45, 7) is 2.12. The quantitative estimate of drug-likeness (QED) is 0.334. The van der Waals surface area contributed by atoms with Gasteiger partial charge in [0.25, 0.3) is 5.91 Å². The van der Waals surface area contributed by atoms with Gasteiger partial charge in [-0.2, -0.15) is 5.26 Å². The van der Waals surface area contributed by atoms with Crippen LogP contribution >= 0.6 is 0 Å². The maximum atomic E-state index is 12.6. The number of methoxy groups -OCH3 is 1. The summed E-state index contributed by atoms with van der Waals surface area (Å²) in [6.07, 6.45) is 7.12. The van der Waals surface area contributed by atoms with Crippen LogP contribution in [-0.4, -0.2) is 25.0 Å². The number of amides is 1. The minimum absolute atomic E-state index is 0.00940. The normalized spacial score (nSPS) is 18.9. The molecule has 1 amide bonds. The predicted octanol–water partition coefficient (Wildman–Crippen LogP) is 4.11.